The van der Waals surface area contributed by atoms with E-state index >= 15 is 0 Å². The second-order valence-electron chi connectivity index (χ2n) is 7.41. The smallest absolute Gasteiger partial charge is 0.418 e. The lowest BCUT2D eigenvalue weighted by Crippen LogP contribution is -2.38. The third-order valence-corrected chi connectivity index (χ3v) is 4.70. The maximum atomic E-state index is 13.1. The molecule has 0 radical (unpaired) electrons. The third-order valence-electron chi connectivity index (χ3n) is 4.70. The van der Waals surface area contributed by atoms with E-state index in [4.69, 9.17) is 29.3 Å². The van der Waals surface area contributed by atoms with Gasteiger partial charge in [0.15, 0.2) is 11.5 Å². The predicted octanol–water partition coefficient (Wildman–Crippen LogP) is 2.53. The number of benzene rings is 2. The van der Waals surface area contributed by atoms with E-state index in [1.165, 1.54) is 23.1 Å². The van der Waals surface area contributed by atoms with Crippen LogP contribution in [-0.4, -0.2) is 71.7 Å². The molecule has 0 unspecified atom stereocenters. The predicted molar refractivity (Wildman–Crippen MR) is 124 cm³/mol. The number of likely N-dealkylation sites (N-methyl/N-ethyl adjacent to an activating group) is 1. The highest BCUT2D eigenvalue weighted by atomic mass is 19.4. The number of carbonyl (C=O) groups is 4. The number of alkyl halides is 3. The Morgan fingerprint density at radius 1 is 0.892 bits per heavy atom. The number of fused-ring (bicyclic) bond motifs is 1. The highest BCUT2D eigenvalue weighted by Crippen LogP contribution is 2.34. The topological polar surface area (TPSA) is 154 Å². The maximum absolute atomic E-state index is 13.1. The van der Waals surface area contributed by atoms with Gasteiger partial charge in [0.1, 0.15) is 13.2 Å². The van der Waals surface area contributed by atoms with Crippen molar-refractivity contribution in [3.63, 3.8) is 0 Å². The van der Waals surface area contributed by atoms with Crippen LogP contribution in [-0.2, 0) is 25.4 Å². The molecule has 0 spiro atoms. The zero-order valence-electron chi connectivity index (χ0n) is 19.5. The molecule has 1 aliphatic heterocycles. The zero-order valence-corrected chi connectivity index (χ0v) is 19.5. The molecule has 0 saturated carbocycles. The van der Waals surface area contributed by atoms with Crippen LogP contribution in [0.1, 0.15) is 12.5 Å². The number of nitrogens with one attached hydrogen (secondary N) is 2. The van der Waals surface area contributed by atoms with Gasteiger partial charge in [0, 0.05) is 11.8 Å². The van der Waals surface area contributed by atoms with Gasteiger partial charge in [-0.15, -0.1) is 0 Å². The standard InChI is InChI=1S/C21H22F3N3O4.C2H2O4/c1-2-27(13-20(29)26-16-6-4-3-5-15(16)21(22,23)24)12-19(28)25-14-7-8-17-18(11-14)31-10-9-30-17;3-1(4)2(5)6/h3-8,11H,2,9-10,12-13H2,1H3,(H,25,28)(H,26,29);(H,3,4)(H,5,6). The van der Waals surface area contributed by atoms with Crippen LogP contribution < -0.4 is 20.1 Å². The average Bonchev–Trinajstić information content (AvgIpc) is 2.83. The van der Waals surface area contributed by atoms with Gasteiger partial charge >= 0.3 is 18.1 Å². The van der Waals surface area contributed by atoms with Gasteiger partial charge < -0.3 is 30.3 Å². The molecule has 200 valence electrons. The van der Waals surface area contributed by atoms with E-state index in [-0.39, 0.29) is 24.7 Å². The third kappa shape index (κ3) is 9.33. The minimum atomic E-state index is -4.59. The summed E-state index contributed by atoms with van der Waals surface area (Å²) in [6.45, 7) is 2.62. The number of hydrogen-bond donors (Lipinski definition) is 4. The summed E-state index contributed by atoms with van der Waals surface area (Å²) < 4.78 is 50.1. The number of para-hydroxylation sites is 1. The highest BCUT2D eigenvalue weighted by Gasteiger charge is 2.33. The number of rotatable bonds is 7. The van der Waals surface area contributed by atoms with Crippen molar-refractivity contribution in [3.05, 3.63) is 48.0 Å². The lowest BCUT2D eigenvalue weighted by atomic mass is 10.1. The molecule has 0 aromatic heterocycles. The molecule has 2 amide bonds. The van der Waals surface area contributed by atoms with Crippen molar-refractivity contribution in [2.24, 2.45) is 0 Å². The van der Waals surface area contributed by atoms with Crippen LogP contribution in [0.15, 0.2) is 42.5 Å². The summed E-state index contributed by atoms with van der Waals surface area (Å²) in [5, 5.41) is 19.8. The van der Waals surface area contributed by atoms with Crippen molar-refractivity contribution in [1.29, 1.82) is 0 Å². The molecule has 2 aromatic carbocycles. The minimum absolute atomic E-state index is 0.112. The number of nitrogens with zero attached hydrogens (tertiary/aromatic N) is 1. The van der Waals surface area contributed by atoms with E-state index in [1.54, 1.807) is 25.1 Å². The first-order valence-corrected chi connectivity index (χ1v) is 10.7. The Kier molecular flexibility index (Phi) is 10.2. The minimum Gasteiger partial charge on any atom is -0.486 e. The summed E-state index contributed by atoms with van der Waals surface area (Å²) in [7, 11) is 0. The number of hydrogen-bond acceptors (Lipinski definition) is 7. The van der Waals surface area contributed by atoms with Gasteiger partial charge in [0.25, 0.3) is 0 Å². The number of halogens is 3. The molecule has 0 saturated heterocycles. The molecule has 0 atom stereocenters. The van der Waals surface area contributed by atoms with Crippen LogP contribution in [0, 0.1) is 0 Å². The van der Waals surface area contributed by atoms with Gasteiger partial charge in [0.2, 0.25) is 11.8 Å². The van der Waals surface area contributed by atoms with Gasteiger partial charge in [-0.2, -0.15) is 13.2 Å². The fourth-order valence-corrected chi connectivity index (χ4v) is 3.04. The zero-order chi connectivity index (χ0) is 27.6. The first-order chi connectivity index (χ1) is 17.4. The quantitative estimate of drug-likeness (QED) is 0.398. The Morgan fingerprint density at radius 3 is 2.03 bits per heavy atom. The Hall–Kier alpha value is -4.33. The molecule has 0 fully saturated rings. The second kappa shape index (κ2) is 13.1. The van der Waals surface area contributed by atoms with Crippen LogP contribution in [0.5, 0.6) is 11.5 Å². The van der Waals surface area contributed by atoms with E-state index in [0.29, 0.717) is 36.9 Å². The molecule has 2 aromatic rings. The van der Waals surface area contributed by atoms with Crippen LogP contribution in [0.25, 0.3) is 0 Å². The molecule has 4 N–H and O–H groups in total. The van der Waals surface area contributed by atoms with E-state index in [2.05, 4.69) is 10.6 Å². The van der Waals surface area contributed by atoms with Crippen LogP contribution in [0.2, 0.25) is 0 Å². The monoisotopic (exact) mass is 527 g/mol. The van der Waals surface area contributed by atoms with E-state index in [9.17, 15) is 22.8 Å². The number of amides is 2. The fourth-order valence-electron chi connectivity index (χ4n) is 3.04. The SMILES string of the molecule is CCN(CC(=O)Nc1ccc2c(c1)OCCO2)CC(=O)Nc1ccccc1C(F)(F)F.O=C(O)C(=O)O. The van der Waals surface area contributed by atoms with Crippen molar-refractivity contribution in [2.45, 2.75) is 13.1 Å². The van der Waals surface area contributed by atoms with Crippen molar-refractivity contribution < 1.29 is 52.0 Å². The molecule has 3 rings (SSSR count). The number of ether oxygens (including phenoxy) is 2. The molecule has 1 aliphatic rings. The Morgan fingerprint density at radius 2 is 1.46 bits per heavy atom. The fraction of sp³-hybridized carbons (Fsp3) is 0.304. The molecule has 0 bridgehead atoms. The molecule has 37 heavy (non-hydrogen) atoms. The van der Waals surface area contributed by atoms with Gasteiger partial charge in [0.05, 0.1) is 24.3 Å². The Bertz CT molecular complexity index is 1130. The molecule has 11 nitrogen and oxygen atoms in total. The molecule has 14 heteroatoms. The lowest BCUT2D eigenvalue weighted by Gasteiger charge is -2.21. The lowest BCUT2D eigenvalue weighted by molar-refractivity contribution is -0.159. The number of carboxylic acids is 2. The number of aliphatic carboxylic acids is 2. The number of anilines is 2. The summed E-state index contributed by atoms with van der Waals surface area (Å²) in [5.41, 5.74) is -0.742. The molecular weight excluding hydrogens is 503 g/mol. The normalized spacial score (nSPS) is 12.1. The first kappa shape index (κ1) is 28.9. The van der Waals surface area contributed by atoms with Crippen molar-refractivity contribution in [3.8, 4) is 11.5 Å². The highest BCUT2D eigenvalue weighted by molar-refractivity contribution is 6.27. The van der Waals surface area contributed by atoms with Crippen molar-refractivity contribution in [2.75, 3.05) is 43.5 Å². The van der Waals surface area contributed by atoms with Gasteiger partial charge in [-0.1, -0.05) is 19.1 Å². The molecular formula is C23H24F3N3O8. The summed E-state index contributed by atoms with van der Waals surface area (Å²) in [6, 6.07) is 9.74. The second-order valence-corrected chi connectivity index (χ2v) is 7.41. The summed E-state index contributed by atoms with van der Waals surface area (Å²) in [5.74, 6) is -3.55. The van der Waals surface area contributed by atoms with Crippen molar-refractivity contribution in [1.82, 2.24) is 4.90 Å². The molecule has 1 heterocycles. The van der Waals surface area contributed by atoms with Crippen LogP contribution in [0.3, 0.4) is 0 Å². The summed E-state index contributed by atoms with van der Waals surface area (Å²) >= 11 is 0. The van der Waals surface area contributed by atoms with Gasteiger partial charge in [-0.05, 0) is 30.8 Å². The van der Waals surface area contributed by atoms with Crippen LogP contribution in [0.4, 0.5) is 24.5 Å². The van der Waals surface area contributed by atoms with E-state index < -0.39 is 29.6 Å². The molecule has 0 aliphatic carbocycles. The maximum Gasteiger partial charge on any atom is 0.418 e. The van der Waals surface area contributed by atoms with E-state index in [0.717, 1.165) is 6.07 Å². The largest absolute Gasteiger partial charge is 0.486 e. The van der Waals surface area contributed by atoms with Crippen molar-refractivity contribution >= 4 is 35.1 Å². The number of carbonyl (C=O) groups excluding carboxylic acids is 2. The van der Waals surface area contributed by atoms with Crippen LogP contribution >= 0.6 is 0 Å². The Labute approximate surface area is 208 Å². The summed E-state index contributed by atoms with van der Waals surface area (Å²) in [4.78, 5) is 44.4. The van der Waals surface area contributed by atoms with Gasteiger partial charge in [-0.25, -0.2) is 9.59 Å². The Balaban J connectivity index is 0.000000717. The van der Waals surface area contributed by atoms with E-state index in [1.807, 2.05) is 0 Å². The first-order valence-electron chi connectivity index (χ1n) is 10.7. The average molecular weight is 527 g/mol. The number of carboxylic acid groups (broad SMARTS) is 2. The van der Waals surface area contributed by atoms with Gasteiger partial charge in [-0.3, -0.25) is 14.5 Å². The summed E-state index contributed by atoms with van der Waals surface area (Å²) in [6.07, 6.45) is -4.59.